The van der Waals surface area contributed by atoms with Crippen molar-refractivity contribution in [3.8, 4) is 28.2 Å². The summed E-state index contributed by atoms with van der Waals surface area (Å²) in [5, 5.41) is 5.58. The maximum atomic E-state index is 4.65. The number of hydrogen-bond donors (Lipinski definition) is 0. The Morgan fingerprint density at radius 3 is 1.94 bits per heavy atom. The summed E-state index contributed by atoms with van der Waals surface area (Å²) in [5.74, 6) is 0.926. The first kappa shape index (κ1) is 20.8. The largest absolute Gasteiger partial charge is 0.309 e. The first-order valence-corrected chi connectivity index (χ1v) is 14.2. The van der Waals surface area contributed by atoms with Crippen LogP contribution in [-0.4, -0.2) is 22.6 Å². The highest BCUT2D eigenvalue weighted by atomic mass is 28.3. The van der Waals surface area contributed by atoms with Crippen molar-refractivity contribution in [1.82, 2.24) is 14.5 Å². The smallest absolute Gasteiger partial charge is 0.182 e. The fraction of sp³-hybridized carbons (Fsp3) is 0. The van der Waals surface area contributed by atoms with Crippen molar-refractivity contribution in [3.05, 3.63) is 140 Å². The van der Waals surface area contributed by atoms with Crippen molar-refractivity contribution in [3.63, 3.8) is 0 Å². The van der Waals surface area contributed by atoms with Crippen molar-refractivity contribution in [2.45, 2.75) is 0 Å². The fourth-order valence-electron chi connectivity index (χ4n) is 5.74. The Labute approximate surface area is 211 Å². The van der Waals surface area contributed by atoms with E-state index in [4.69, 9.17) is 0 Å². The molecule has 0 saturated heterocycles. The van der Waals surface area contributed by atoms with E-state index in [-0.39, 0.29) is 0 Å². The second kappa shape index (κ2) is 8.29. The van der Waals surface area contributed by atoms with E-state index >= 15 is 0 Å². The van der Waals surface area contributed by atoms with Crippen LogP contribution in [0.4, 0.5) is 0 Å². The summed E-state index contributed by atoms with van der Waals surface area (Å²) < 4.78 is 2.15. The second-order valence-electron chi connectivity index (χ2n) is 9.13. The summed E-state index contributed by atoms with van der Waals surface area (Å²) in [6, 6.07) is 41.4. The monoisotopic (exact) mass is 477 g/mol. The normalized spacial score (nSPS) is 13.2. The molecule has 170 valence electrons. The van der Waals surface area contributed by atoms with E-state index in [1.54, 1.807) is 0 Å². The van der Waals surface area contributed by atoms with Gasteiger partial charge in [-0.3, -0.25) is 4.98 Å². The molecule has 7 rings (SSSR count). The number of hydrogen-bond acceptors (Lipinski definition) is 2. The number of fused-ring (bicyclic) bond motifs is 3. The summed E-state index contributed by atoms with van der Waals surface area (Å²) in [5.41, 5.74) is 4.82. The van der Waals surface area contributed by atoms with Crippen molar-refractivity contribution in [1.29, 1.82) is 0 Å². The van der Waals surface area contributed by atoms with Crippen LogP contribution in [0.15, 0.2) is 140 Å². The summed E-state index contributed by atoms with van der Waals surface area (Å²) >= 11 is 0. The van der Waals surface area contributed by atoms with Crippen LogP contribution >= 0.6 is 0 Å². The maximum absolute atomic E-state index is 4.65. The molecule has 1 aliphatic heterocycles. The second-order valence-corrected chi connectivity index (χ2v) is 12.9. The molecule has 0 bridgehead atoms. The van der Waals surface area contributed by atoms with E-state index in [0.717, 1.165) is 17.1 Å². The number of rotatable bonds is 4. The van der Waals surface area contributed by atoms with Gasteiger partial charge >= 0.3 is 0 Å². The Balaban J connectivity index is 1.54. The van der Waals surface area contributed by atoms with Crippen LogP contribution in [0, 0.1) is 0 Å². The molecule has 4 heteroatoms. The minimum Gasteiger partial charge on any atom is -0.309 e. The minimum absolute atomic E-state index is 0.926. The number of nitrogens with zero attached hydrogens (tertiary/aromatic N) is 3. The van der Waals surface area contributed by atoms with Gasteiger partial charge in [0.05, 0.1) is 5.69 Å². The van der Waals surface area contributed by atoms with Gasteiger partial charge in [0.2, 0.25) is 0 Å². The third-order valence-electron chi connectivity index (χ3n) is 7.25. The predicted octanol–water partition coefficient (Wildman–Crippen LogP) is 4.29. The molecule has 0 aliphatic carbocycles. The molecule has 3 aromatic carbocycles. The zero-order valence-corrected chi connectivity index (χ0v) is 20.6. The lowest BCUT2D eigenvalue weighted by Crippen LogP contribution is -2.72. The SMILES string of the molecule is c1ccc(-c2cccc([Si]3(c4ccn(-c5ccccn5)c4)c4ccccc4-c4ccccc43)c2)nc1. The highest BCUT2D eigenvalue weighted by Crippen LogP contribution is 2.29. The molecule has 6 aromatic rings. The van der Waals surface area contributed by atoms with Crippen LogP contribution < -0.4 is 20.7 Å². The summed E-state index contributed by atoms with van der Waals surface area (Å²) in [4.78, 5) is 9.24. The van der Waals surface area contributed by atoms with Crippen molar-refractivity contribution in [2.24, 2.45) is 0 Å². The molecular weight excluding hydrogens is 454 g/mol. The van der Waals surface area contributed by atoms with Crippen LogP contribution in [0.1, 0.15) is 0 Å². The molecule has 3 nitrogen and oxygen atoms in total. The molecule has 0 N–H and O–H groups in total. The highest BCUT2D eigenvalue weighted by Gasteiger charge is 2.49. The van der Waals surface area contributed by atoms with Gasteiger partial charge in [-0.05, 0) is 62.2 Å². The molecule has 0 amide bonds. The lowest BCUT2D eigenvalue weighted by molar-refractivity contribution is 1.01. The third-order valence-corrected chi connectivity index (χ3v) is 12.1. The molecule has 3 aromatic heterocycles. The maximum Gasteiger partial charge on any atom is 0.182 e. The van der Waals surface area contributed by atoms with Crippen LogP contribution in [-0.2, 0) is 0 Å². The Morgan fingerprint density at radius 1 is 0.556 bits per heavy atom. The van der Waals surface area contributed by atoms with Crippen molar-refractivity contribution in [2.75, 3.05) is 0 Å². The molecule has 0 unspecified atom stereocenters. The molecule has 0 radical (unpaired) electrons. The van der Waals surface area contributed by atoms with Crippen LogP contribution in [0.3, 0.4) is 0 Å². The van der Waals surface area contributed by atoms with Gasteiger partial charge in [-0.2, -0.15) is 0 Å². The fourth-order valence-corrected chi connectivity index (χ4v) is 10.9. The molecule has 0 fully saturated rings. The number of benzene rings is 3. The Hall–Kier alpha value is -4.54. The molecule has 1 aliphatic rings. The summed E-state index contributed by atoms with van der Waals surface area (Å²) in [6.07, 6.45) is 8.15. The van der Waals surface area contributed by atoms with Crippen LogP contribution in [0.25, 0.3) is 28.2 Å². The van der Waals surface area contributed by atoms with Gasteiger partial charge in [-0.25, -0.2) is 4.98 Å². The van der Waals surface area contributed by atoms with E-state index in [1.165, 1.54) is 31.9 Å². The van der Waals surface area contributed by atoms with Crippen LogP contribution in [0.5, 0.6) is 0 Å². The molecule has 0 saturated carbocycles. The van der Waals surface area contributed by atoms with Gasteiger partial charge in [0.1, 0.15) is 5.82 Å². The van der Waals surface area contributed by atoms with Gasteiger partial charge in [0.25, 0.3) is 0 Å². The van der Waals surface area contributed by atoms with Gasteiger partial charge in [0.15, 0.2) is 8.07 Å². The average Bonchev–Trinajstić information content (AvgIpc) is 3.56. The highest BCUT2D eigenvalue weighted by molar-refractivity contribution is 7.22. The Bertz CT molecular complexity index is 1640. The lowest BCUT2D eigenvalue weighted by Gasteiger charge is -2.30. The quantitative estimate of drug-likeness (QED) is 0.354. The first-order chi connectivity index (χ1) is 17.9. The topological polar surface area (TPSA) is 30.7 Å². The predicted molar refractivity (Wildman–Crippen MR) is 149 cm³/mol. The van der Waals surface area contributed by atoms with Gasteiger partial charge in [-0.15, -0.1) is 0 Å². The van der Waals surface area contributed by atoms with Gasteiger partial charge in [0, 0.05) is 30.4 Å². The summed E-state index contributed by atoms with van der Waals surface area (Å²) in [6.45, 7) is 0. The standard InChI is InChI=1S/C32H23N3Si/c1-3-15-30-27(12-1)28-13-2-4-16-31(28)36(30,26-18-21-35(23-26)32-17-6-8-20-34-32)25-11-9-10-24(22-25)29-14-5-7-19-33-29/h1-23H. The molecular formula is C32H23N3Si. The summed E-state index contributed by atoms with van der Waals surface area (Å²) in [7, 11) is -2.58. The van der Waals surface area contributed by atoms with Gasteiger partial charge < -0.3 is 4.57 Å². The minimum atomic E-state index is -2.58. The first-order valence-electron chi connectivity index (χ1n) is 12.2. The van der Waals surface area contributed by atoms with E-state index in [1.807, 2.05) is 30.6 Å². The number of aromatic nitrogens is 3. The zero-order chi connectivity index (χ0) is 24.0. The third kappa shape index (κ3) is 3.05. The molecule has 0 spiro atoms. The van der Waals surface area contributed by atoms with E-state index in [9.17, 15) is 0 Å². The van der Waals surface area contributed by atoms with E-state index in [0.29, 0.717) is 0 Å². The molecule has 36 heavy (non-hydrogen) atoms. The molecule has 4 heterocycles. The molecule has 0 atom stereocenters. The van der Waals surface area contributed by atoms with E-state index in [2.05, 4.69) is 124 Å². The zero-order valence-electron chi connectivity index (χ0n) is 19.6. The van der Waals surface area contributed by atoms with Crippen molar-refractivity contribution < 1.29 is 0 Å². The Morgan fingerprint density at radius 2 is 1.25 bits per heavy atom. The number of pyridine rings is 2. The van der Waals surface area contributed by atoms with Crippen molar-refractivity contribution >= 4 is 28.8 Å². The van der Waals surface area contributed by atoms with E-state index < -0.39 is 8.07 Å². The van der Waals surface area contributed by atoms with Gasteiger partial charge in [-0.1, -0.05) is 84.9 Å². The van der Waals surface area contributed by atoms with Crippen LogP contribution in [0.2, 0.25) is 0 Å². The lowest BCUT2D eigenvalue weighted by atomic mass is 10.1. The average molecular weight is 478 g/mol. The Kier molecular flexibility index (Phi) is 4.79.